The van der Waals surface area contributed by atoms with Gasteiger partial charge in [-0.1, -0.05) is 96.8 Å². The zero-order valence-corrected chi connectivity index (χ0v) is 22.9. The van der Waals surface area contributed by atoms with Crippen molar-refractivity contribution in [1.82, 2.24) is 0 Å². The molecule has 2 N–H and O–H groups in total. The van der Waals surface area contributed by atoms with Crippen LogP contribution in [0.15, 0.2) is 24.3 Å². The quantitative estimate of drug-likeness (QED) is 0.0552. The second-order valence-corrected chi connectivity index (χ2v) is 9.26. The SMILES string of the molecule is Br.CCCCCCCCCCCCCCCC(N)CCCCC(=O)Oc1ccc([N+](=O)[O-])cc1. The summed E-state index contributed by atoms with van der Waals surface area (Å²) in [6.07, 6.45) is 21.7. The van der Waals surface area contributed by atoms with Gasteiger partial charge in [-0.3, -0.25) is 14.9 Å². The van der Waals surface area contributed by atoms with Gasteiger partial charge in [-0.15, -0.1) is 17.0 Å². The minimum absolute atomic E-state index is 0. The number of benzene rings is 1. The minimum atomic E-state index is -0.479. The third-order valence-electron chi connectivity index (χ3n) is 6.16. The highest BCUT2D eigenvalue weighted by Crippen LogP contribution is 2.18. The Bertz CT molecular complexity index is 640. The van der Waals surface area contributed by atoms with Crippen LogP contribution >= 0.6 is 17.0 Å². The van der Waals surface area contributed by atoms with Crippen LogP contribution in [0.2, 0.25) is 0 Å². The van der Waals surface area contributed by atoms with Crippen LogP contribution in [0.1, 0.15) is 122 Å². The Morgan fingerprint density at radius 1 is 0.824 bits per heavy atom. The highest BCUT2D eigenvalue weighted by Gasteiger charge is 2.09. The maximum Gasteiger partial charge on any atom is 0.311 e. The van der Waals surface area contributed by atoms with Crippen LogP contribution in [0.4, 0.5) is 5.69 Å². The molecule has 1 aromatic carbocycles. The normalized spacial score (nSPS) is 11.6. The number of carbonyl (C=O) groups is 1. The van der Waals surface area contributed by atoms with Gasteiger partial charge in [0.2, 0.25) is 0 Å². The fourth-order valence-corrected chi connectivity index (χ4v) is 4.06. The van der Waals surface area contributed by atoms with E-state index in [1.807, 2.05) is 0 Å². The van der Waals surface area contributed by atoms with Crippen molar-refractivity contribution < 1.29 is 14.5 Å². The minimum Gasteiger partial charge on any atom is -0.427 e. The number of halogens is 1. The van der Waals surface area contributed by atoms with Crippen molar-refractivity contribution in [3.05, 3.63) is 34.4 Å². The first-order valence-corrected chi connectivity index (χ1v) is 13.2. The number of hydrogen-bond donors (Lipinski definition) is 1. The molecule has 1 unspecified atom stereocenters. The molecule has 0 amide bonds. The molecule has 0 spiro atoms. The van der Waals surface area contributed by atoms with E-state index in [0.717, 1.165) is 25.7 Å². The maximum atomic E-state index is 11.9. The largest absolute Gasteiger partial charge is 0.427 e. The van der Waals surface area contributed by atoms with E-state index < -0.39 is 4.92 Å². The number of nitro groups is 1. The highest BCUT2D eigenvalue weighted by atomic mass is 79.9. The van der Waals surface area contributed by atoms with E-state index in [1.54, 1.807) is 0 Å². The third-order valence-corrected chi connectivity index (χ3v) is 6.16. The predicted octanol–water partition coefficient (Wildman–Crippen LogP) is 8.45. The molecular formula is C27H47BrN2O4. The van der Waals surface area contributed by atoms with Crippen molar-refractivity contribution >= 4 is 28.6 Å². The van der Waals surface area contributed by atoms with Gasteiger partial charge in [-0.05, 0) is 31.4 Å². The third kappa shape index (κ3) is 17.9. The van der Waals surface area contributed by atoms with E-state index in [2.05, 4.69) is 6.92 Å². The van der Waals surface area contributed by atoms with E-state index in [4.69, 9.17) is 10.5 Å². The first-order chi connectivity index (χ1) is 16.0. The van der Waals surface area contributed by atoms with Crippen molar-refractivity contribution in [2.45, 2.75) is 129 Å². The Morgan fingerprint density at radius 2 is 1.26 bits per heavy atom. The monoisotopic (exact) mass is 542 g/mol. The topological polar surface area (TPSA) is 95.5 Å². The van der Waals surface area contributed by atoms with Crippen LogP contribution in [0.3, 0.4) is 0 Å². The number of rotatable bonds is 21. The average molecular weight is 544 g/mol. The number of nitro benzene ring substituents is 1. The molecule has 0 radical (unpaired) electrons. The lowest BCUT2D eigenvalue weighted by atomic mass is 10.0. The lowest BCUT2D eigenvalue weighted by Gasteiger charge is -2.11. The van der Waals surface area contributed by atoms with Crippen molar-refractivity contribution in [3.8, 4) is 5.75 Å². The summed E-state index contributed by atoms with van der Waals surface area (Å²) >= 11 is 0. The van der Waals surface area contributed by atoms with Gasteiger partial charge in [0.1, 0.15) is 5.75 Å². The Balaban J connectivity index is 0.0000109. The summed E-state index contributed by atoms with van der Waals surface area (Å²) in [4.78, 5) is 22.1. The molecule has 0 saturated carbocycles. The summed E-state index contributed by atoms with van der Waals surface area (Å²) in [6.45, 7) is 2.27. The van der Waals surface area contributed by atoms with E-state index in [1.165, 1.54) is 108 Å². The first kappa shape index (κ1) is 32.5. The Labute approximate surface area is 217 Å². The molecular weight excluding hydrogens is 496 g/mol. The molecule has 7 heteroatoms. The Kier molecular flexibility index (Phi) is 21.1. The van der Waals surface area contributed by atoms with Gasteiger partial charge < -0.3 is 10.5 Å². The maximum absolute atomic E-state index is 11.9. The molecule has 0 aliphatic rings. The van der Waals surface area contributed by atoms with Crippen LogP contribution in [0, 0.1) is 10.1 Å². The second-order valence-electron chi connectivity index (χ2n) is 9.26. The summed E-state index contributed by atoms with van der Waals surface area (Å²) in [5, 5.41) is 10.6. The lowest BCUT2D eigenvalue weighted by molar-refractivity contribution is -0.384. The molecule has 0 bridgehead atoms. The molecule has 1 atom stereocenters. The van der Waals surface area contributed by atoms with E-state index >= 15 is 0 Å². The van der Waals surface area contributed by atoms with Crippen LogP contribution in [-0.2, 0) is 4.79 Å². The lowest BCUT2D eigenvalue weighted by Crippen LogP contribution is -2.19. The average Bonchev–Trinajstić information content (AvgIpc) is 2.80. The van der Waals surface area contributed by atoms with Gasteiger partial charge in [0, 0.05) is 24.6 Å². The molecule has 196 valence electrons. The summed E-state index contributed by atoms with van der Waals surface area (Å²) < 4.78 is 5.22. The molecule has 34 heavy (non-hydrogen) atoms. The van der Waals surface area contributed by atoms with Crippen LogP contribution < -0.4 is 10.5 Å². The van der Waals surface area contributed by atoms with Crippen molar-refractivity contribution in [1.29, 1.82) is 0 Å². The molecule has 0 saturated heterocycles. The Hall–Kier alpha value is -1.47. The number of carbonyl (C=O) groups excluding carboxylic acids is 1. The van der Waals surface area contributed by atoms with Gasteiger partial charge in [0.05, 0.1) is 4.92 Å². The first-order valence-electron chi connectivity index (χ1n) is 13.2. The standard InChI is InChI=1S/C27H46N2O4.BrH/c1-2-3-4-5-6-7-8-9-10-11-12-13-14-17-24(28)18-15-16-19-27(30)33-26-22-20-25(21-23-26)29(31)32;/h20-24H,2-19,28H2,1H3;1H. The zero-order valence-electron chi connectivity index (χ0n) is 21.2. The van der Waals surface area contributed by atoms with Gasteiger partial charge in [0.25, 0.3) is 5.69 Å². The summed E-state index contributed by atoms with van der Waals surface area (Å²) in [6, 6.07) is 5.77. The molecule has 0 fully saturated rings. The van der Waals surface area contributed by atoms with Gasteiger partial charge >= 0.3 is 5.97 Å². The van der Waals surface area contributed by atoms with E-state index in [0.29, 0.717) is 12.2 Å². The van der Waals surface area contributed by atoms with E-state index in [9.17, 15) is 14.9 Å². The Morgan fingerprint density at radius 3 is 1.74 bits per heavy atom. The molecule has 0 aliphatic heterocycles. The second kappa shape index (κ2) is 22.0. The van der Waals surface area contributed by atoms with Gasteiger partial charge in [-0.2, -0.15) is 0 Å². The van der Waals surface area contributed by atoms with Crippen LogP contribution in [-0.4, -0.2) is 16.9 Å². The summed E-state index contributed by atoms with van der Waals surface area (Å²) in [5.41, 5.74) is 6.20. The van der Waals surface area contributed by atoms with Crippen molar-refractivity contribution in [3.63, 3.8) is 0 Å². The zero-order chi connectivity index (χ0) is 24.2. The molecule has 1 rings (SSSR count). The van der Waals surface area contributed by atoms with Crippen molar-refractivity contribution in [2.24, 2.45) is 5.73 Å². The highest BCUT2D eigenvalue weighted by molar-refractivity contribution is 8.93. The van der Waals surface area contributed by atoms with E-state index in [-0.39, 0.29) is 34.7 Å². The van der Waals surface area contributed by atoms with Crippen molar-refractivity contribution in [2.75, 3.05) is 0 Å². The number of esters is 1. The number of hydrogen-bond acceptors (Lipinski definition) is 5. The number of non-ortho nitro benzene ring substituents is 1. The number of unbranched alkanes of at least 4 members (excludes halogenated alkanes) is 13. The van der Waals surface area contributed by atoms with Gasteiger partial charge in [-0.25, -0.2) is 0 Å². The van der Waals surface area contributed by atoms with Crippen LogP contribution in [0.5, 0.6) is 5.75 Å². The number of ether oxygens (including phenoxy) is 1. The van der Waals surface area contributed by atoms with Gasteiger partial charge in [0.15, 0.2) is 0 Å². The molecule has 6 nitrogen and oxygen atoms in total. The molecule has 0 aromatic heterocycles. The summed E-state index contributed by atoms with van der Waals surface area (Å²) in [5.74, 6) is 0.0265. The number of nitrogens with two attached hydrogens (primary N) is 1. The fraction of sp³-hybridized carbons (Fsp3) is 0.741. The molecule has 1 aromatic rings. The summed E-state index contributed by atoms with van der Waals surface area (Å²) in [7, 11) is 0. The molecule has 0 aliphatic carbocycles. The number of nitrogens with zero attached hydrogens (tertiary/aromatic N) is 1. The van der Waals surface area contributed by atoms with Crippen LogP contribution in [0.25, 0.3) is 0 Å². The smallest absolute Gasteiger partial charge is 0.311 e. The molecule has 0 heterocycles. The predicted molar refractivity (Wildman–Crippen MR) is 146 cm³/mol. The fourth-order valence-electron chi connectivity index (χ4n) is 4.06.